The highest BCUT2D eigenvalue weighted by Gasteiger charge is 2.14. The molecule has 0 radical (unpaired) electrons. The minimum atomic E-state index is -0.281. The molecule has 0 aliphatic heterocycles. The van der Waals surface area contributed by atoms with Gasteiger partial charge in [0.25, 0.3) is 11.9 Å². The zero-order chi connectivity index (χ0) is 14.5. The predicted octanol–water partition coefficient (Wildman–Crippen LogP) is 2.44. The van der Waals surface area contributed by atoms with Crippen molar-refractivity contribution in [3.05, 3.63) is 58.3 Å². The van der Waals surface area contributed by atoms with Gasteiger partial charge < -0.3 is 0 Å². The maximum Gasteiger partial charge on any atom is 0.270 e. The molecule has 2 N–H and O–H groups in total. The number of nitrogens with one attached hydrogen (secondary N) is 2. The number of aromatic amines is 1. The number of tetrazole rings is 1. The molecule has 0 saturated carbocycles. The molecule has 2 heterocycles. The molecule has 104 valence electrons. The summed E-state index contributed by atoms with van der Waals surface area (Å²) in [5.41, 5.74) is 1.37. The molecule has 0 aliphatic carbocycles. The van der Waals surface area contributed by atoms with Crippen LogP contribution in [0.1, 0.15) is 10.4 Å². The first-order chi connectivity index (χ1) is 10.3. The highest BCUT2D eigenvalue weighted by Crippen LogP contribution is 2.22. The molecule has 1 aromatic carbocycles. The minimum Gasteiger partial charge on any atom is -0.288 e. The molecule has 2 aromatic heterocycles. The normalized spacial score (nSPS) is 11.3. The van der Waals surface area contributed by atoms with E-state index in [0.717, 1.165) is 10.4 Å². The number of thiophene rings is 1. The zero-order valence-corrected chi connectivity index (χ0v) is 11.7. The van der Waals surface area contributed by atoms with E-state index in [1.807, 2.05) is 53.9 Å². The van der Waals surface area contributed by atoms with Gasteiger partial charge in [-0.3, -0.25) is 10.1 Å². The van der Waals surface area contributed by atoms with Crippen LogP contribution in [0.2, 0.25) is 0 Å². The molecule has 0 aliphatic rings. The Bertz CT molecular complexity index is 735. The largest absolute Gasteiger partial charge is 0.288 e. The Morgan fingerprint density at radius 3 is 2.71 bits per heavy atom. The molecule has 21 heavy (non-hydrogen) atoms. The quantitative estimate of drug-likeness (QED) is 0.724. The molecule has 6 nitrogen and oxygen atoms in total. The first-order valence-electron chi connectivity index (χ1n) is 6.18. The van der Waals surface area contributed by atoms with Crippen LogP contribution >= 0.6 is 11.3 Å². The number of amides is 1. The highest BCUT2D eigenvalue weighted by molar-refractivity contribution is 7.11. The van der Waals surface area contributed by atoms with E-state index in [2.05, 4.69) is 25.9 Å². The summed E-state index contributed by atoms with van der Waals surface area (Å²) in [6.07, 6.45) is 1.84. The van der Waals surface area contributed by atoms with E-state index in [-0.39, 0.29) is 11.9 Å². The van der Waals surface area contributed by atoms with Crippen LogP contribution in [0.15, 0.2) is 47.8 Å². The molecule has 1 amide bonds. The summed E-state index contributed by atoms with van der Waals surface area (Å²) in [6.45, 7) is 0. The van der Waals surface area contributed by atoms with Crippen LogP contribution in [0.5, 0.6) is 0 Å². The second kappa shape index (κ2) is 6.10. The van der Waals surface area contributed by atoms with Gasteiger partial charge in [-0.1, -0.05) is 41.5 Å². The topological polar surface area (TPSA) is 83.6 Å². The van der Waals surface area contributed by atoms with Crippen molar-refractivity contribution in [2.75, 3.05) is 5.32 Å². The lowest BCUT2D eigenvalue weighted by atomic mass is 10.0. The molecule has 0 spiro atoms. The Morgan fingerprint density at radius 1 is 1.19 bits per heavy atom. The fourth-order valence-corrected chi connectivity index (χ4v) is 2.45. The van der Waals surface area contributed by atoms with Crippen molar-refractivity contribution in [3.63, 3.8) is 0 Å². The molecule has 0 bridgehead atoms. The number of nitrogens with zero attached hydrogens (tertiary/aromatic N) is 3. The number of benzene rings is 1. The van der Waals surface area contributed by atoms with Crippen LogP contribution in [0.3, 0.4) is 0 Å². The number of hydrogen-bond acceptors (Lipinski definition) is 5. The van der Waals surface area contributed by atoms with Crippen molar-refractivity contribution in [1.82, 2.24) is 20.6 Å². The van der Waals surface area contributed by atoms with E-state index >= 15 is 0 Å². The van der Waals surface area contributed by atoms with E-state index < -0.39 is 0 Å². The lowest BCUT2D eigenvalue weighted by Gasteiger charge is -2.06. The van der Waals surface area contributed by atoms with Gasteiger partial charge in [-0.25, -0.2) is 0 Å². The summed E-state index contributed by atoms with van der Waals surface area (Å²) in [6, 6.07) is 13.3. The van der Waals surface area contributed by atoms with Crippen molar-refractivity contribution in [2.45, 2.75) is 0 Å². The smallest absolute Gasteiger partial charge is 0.270 e. The predicted molar refractivity (Wildman–Crippen MR) is 81.4 cm³/mol. The van der Waals surface area contributed by atoms with Crippen LogP contribution in [-0.2, 0) is 4.79 Å². The van der Waals surface area contributed by atoms with Crippen LogP contribution in [0.4, 0.5) is 5.95 Å². The van der Waals surface area contributed by atoms with Crippen molar-refractivity contribution < 1.29 is 4.79 Å². The van der Waals surface area contributed by atoms with Gasteiger partial charge in [0.2, 0.25) is 0 Å². The second-order valence-corrected chi connectivity index (χ2v) is 5.11. The Balaban J connectivity index is 1.94. The SMILES string of the molecule is O=C(Nc1nn[nH]n1)/C(=C/c1cccs1)c1ccccc1. The second-order valence-electron chi connectivity index (χ2n) is 4.13. The molecule has 7 heteroatoms. The van der Waals surface area contributed by atoms with Crippen LogP contribution < -0.4 is 5.32 Å². The first kappa shape index (κ1) is 13.2. The Hall–Kier alpha value is -2.80. The number of aromatic nitrogens is 4. The van der Waals surface area contributed by atoms with E-state index in [9.17, 15) is 4.79 Å². The number of carbonyl (C=O) groups excluding carboxylic acids is 1. The van der Waals surface area contributed by atoms with Crippen LogP contribution in [0.25, 0.3) is 11.6 Å². The number of hydrogen-bond donors (Lipinski definition) is 2. The van der Waals surface area contributed by atoms with Gasteiger partial charge in [0.1, 0.15) is 0 Å². The third kappa shape index (κ3) is 3.21. The molecule has 0 saturated heterocycles. The first-order valence-corrected chi connectivity index (χ1v) is 7.06. The summed E-state index contributed by atoms with van der Waals surface area (Å²) in [7, 11) is 0. The fourth-order valence-electron chi connectivity index (χ4n) is 1.80. The standard InChI is InChI=1S/C14H11N5OS/c20-13(15-14-16-18-19-17-14)12(9-11-7-4-8-21-11)10-5-2-1-3-6-10/h1-9H,(H2,15,16,17,18,19,20)/b12-9+. The molecule has 0 unspecified atom stereocenters. The van der Waals surface area contributed by atoms with Gasteiger partial charge >= 0.3 is 0 Å². The number of anilines is 1. The summed E-state index contributed by atoms with van der Waals surface area (Å²) >= 11 is 1.57. The minimum absolute atomic E-state index is 0.146. The van der Waals surface area contributed by atoms with Gasteiger partial charge in [0.05, 0.1) is 0 Å². The Labute approximate surface area is 124 Å². The molecular weight excluding hydrogens is 286 g/mol. The lowest BCUT2D eigenvalue weighted by Crippen LogP contribution is -2.14. The maximum absolute atomic E-state index is 12.4. The van der Waals surface area contributed by atoms with Crippen molar-refractivity contribution in [2.24, 2.45) is 0 Å². The van der Waals surface area contributed by atoms with Gasteiger partial charge in [0.15, 0.2) is 0 Å². The number of rotatable bonds is 4. The van der Waals surface area contributed by atoms with E-state index in [4.69, 9.17) is 0 Å². The third-order valence-electron chi connectivity index (χ3n) is 2.73. The zero-order valence-electron chi connectivity index (χ0n) is 10.9. The lowest BCUT2D eigenvalue weighted by molar-refractivity contribution is -0.111. The Morgan fingerprint density at radius 2 is 2.05 bits per heavy atom. The monoisotopic (exact) mass is 297 g/mol. The maximum atomic E-state index is 12.4. The molecule has 3 rings (SSSR count). The van der Waals surface area contributed by atoms with E-state index in [1.54, 1.807) is 11.3 Å². The van der Waals surface area contributed by atoms with Gasteiger partial charge in [-0.2, -0.15) is 5.21 Å². The van der Waals surface area contributed by atoms with Gasteiger partial charge in [-0.05, 0) is 28.3 Å². The summed E-state index contributed by atoms with van der Waals surface area (Å²) in [5, 5.41) is 17.7. The molecular formula is C14H11N5OS. The molecule has 3 aromatic rings. The highest BCUT2D eigenvalue weighted by atomic mass is 32.1. The van der Waals surface area contributed by atoms with Crippen molar-refractivity contribution in [3.8, 4) is 0 Å². The molecule has 0 fully saturated rings. The molecule has 0 atom stereocenters. The van der Waals surface area contributed by atoms with E-state index in [0.29, 0.717) is 5.57 Å². The van der Waals surface area contributed by atoms with E-state index in [1.165, 1.54) is 0 Å². The average Bonchev–Trinajstić information content (AvgIpc) is 3.19. The fraction of sp³-hybridized carbons (Fsp3) is 0. The summed E-state index contributed by atoms with van der Waals surface area (Å²) in [5.74, 6) is -0.135. The third-order valence-corrected chi connectivity index (χ3v) is 3.55. The van der Waals surface area contributed by atoms with Crippen molar-refractivity contribution >= 4 is 34.8 Å². The van der Waals surface area contributed by atoms with Crippen molar-refractivity contribution in [1.29, 1.82) is 0 Å². The van der Waals surface area contributed by atoms with Crippen LogP contribution in [-0.4, -0.2) is 26.5 Å². The Kier molecular flexibility index (Phi) is 3.83. The van der Waals surface area contributed by atoms with Gasteiger partial charge in [0, 0.05) is 10.5 Å². The van der Waals surface area contributed by atoms with Crippen LogP contribution in [0, 0.1) is 0 Å². The number of H-pyrrole nitrogens is 1. The number of carbonyl (C=O) groups is 1. The van der Waals surface area contributed by atoms with Gasteiger partial charge in [-0.15, -0.1) is 16.4 Å². The summed E-state index contributed by atoms with van der Waals surface area (Å²) in [4.78, 5) is 13.4. The average molecular weight is 297 g/mol. The summed E-state index contributed by atoms with van der Waals surface area (Å²) < 4.78 is 0.